The number of halogens is 2. The number of hydrogen-bond donors (Lipinski definition) is 2. The van der Waals surface area contributed by atoms with E-state index in [0.29, 0.717) is 5.92 Å². The fraction of sp³-hybridized carbons (Fsp3) is 0.571. The Labute approximate surface area is 129 Å². The molecule has 1 aromatic carbocycles. The fourth-order valence-electron chi connectivity index (χ4n) is 2.72. The monoisotopic (exact) mass is 335 g/mol. The molecule has 0 heterocycles. The molecule has 1 aliphatic rings. The highest BCUT2D eigenvalue weighted by Gasteiger charge is 2.34. The smallest absolute Gasteiger partial charge is 0.243 e. The Kier molecular flexibility index (Phi) is 4.92. The normalized spacial score (nSPS) is 26.2. The van der Waals surface area contributed by atoms with Crippen LogP contribution < -0.4 is 4.72 Å². The van der Waals surface area contributed by atoms with Crippen LogP contribution in [0.4, 0.5) is 4.39 Å². The zero-order valence-corrected chi connectivity index (χ0v) is 13.5. The van der Waals surface area contributed by atoms with Crippen LogP contribution in [0.2, 0.25) is 5.02 Å². The second kappa shape index (κ2) is 6.20. The first-order chi connectivity index (χ1) is 9.76. The number of sulfonamides is 1. The minimum atomic E-state index is -4.01. The number of aliphatic hydroxyl groups is 1. The molecule has 7 heteroatoms. The maximum Gasteiger partial charge on any atom is 0.243 e. The molecule has 2 rings (SSSR count). The Hall–Kier alpha value is -0.690. The molecule has 118 valence electrons. The van der Waals surface area contributed by atoms with E-state index in [4.69, 9.17) is 16.7 Å². The van der Waals surface area contributed by atoms with Gasteiger partial charge in [-0.15, -0.1) is 0 Å². The first kappa shape index (κ1) is 16.7. The molecule has 0 radical (unpaired) electrons. The van der Waals surface area contributed by atoms with Crippen molar-refractivity contribution in [3.8, 4) is 0 Å². The Morgan fingerprint density at radius 1 is 1.38 bits per heavy atom. The largest absolute Gasteiger partial charge is 0.392 e. The maximum absolute atomic E-state index is 14.2. The van der Waals surface area contributed by atoms with Crippen molar-refractivity contribution in [1.29, 1.82) is 0 Å². The van der Waals surface area contributed by atoms with Crippen molar-refractivity contribution in [3.05, 3.63) is 28.5 Å². The fourth-order valence-corrected chi connectivity index (χ4v) is 4.54. The lowest BCUT2D eigenvalue weighted by atomic mass is 9.98. The molecule has 1 saturated carbocycles. The summed E-state index contributed by atoms with van der Waals surface area (Å²) >= 11 is 5.81. The van der Waals surface area contributed by atoms with Crippen molar-refractivity contribution >= 4 is 21.6 Å². The lowest BCUT2D eigenvalue weighted by Crippen LogP contribution is -2.37. The van der Waals surface area contributed by atoms with Gasteiger partial charge in [-0.1, -0.05) is 25.4 Å². The number of hydrogen-bond acceptors (Lipinski definition) is 3. The predicted molar refractivity (Wildman–Crippen MR) is 79.0 cm³/mol. The van der Waals surface area contributed by atoms with Gasteiger partial charge in [0.15, 0.2) is 0 Å². The van der Waals surface area contributed by atoms with Gasteiger partial charge in [0.2, 0.25) is 10.0 Å². The van der Waals surface area contributed by atoms with E-state index in [-0.39, 0.29) is 22.5 Å². The van der Waals surface area contributed by atoms with E-state index < -0.39 is 27.3 Å². The van der Waals surface area contributed by atoms with Gasteiger partial charge in [-0.05, 0) is 36.8 Å². The Morgan fingerprint density at radius 2 is 2.05 bits per heavy atom. The lowest BCUT2D eigenvalue weighted by molar-refractivity contribution is 0.274. The van der Waals surface area contributed by atoms with Crippen molar-refractivity contribution in [1.82, 2.24) is 4.72 Å². The maximum atomic E-state index is 14.2. The first-order valence-electron chi connectivity index (χ1n) is 6.87. The van der Waals surface area contributed by atoms with Crippen LogP contribution in [0.3, 0.4) is 0 Å². The van der Waals surface area contributed by atoms with Crippen molar-refractivity contribution in [2.75, 3.05) is 0 Å². The van der Waals surface area contributed by atoms with Crippen molar-refractivity contribution in [2.45, 2.75) is 44.2 Å². The zero-order valence-electron chi connectivity index (χ0n) is 11.9. The van der Waals surface area contributed by atoms with E-state index in [1.54, 1.807) is 0 Å². The Balaban J connectivity index is 2.34. The Bertz CT molecular complexity index is 635. The molecule has 0 saturated heterocycles. The third-order valence-corrected chi connectivity index (χ3v) is 6.02. The van der Waals surface area contributed by atoms with Crippen LogP contribution in [-0.2, 0) is 16.6 Å². The molecule has 0 amide bonds. The molecule has 3 atom stereocenters. The van der Waals surface area contributed by atoms with Gasteiger partial charge in [-0.25, -0.2) is 17.5 Å². The van der Waals surface area contributed by atoms with Crippen molar-refractivity contribution < 1.29 is 17.9 Å². The molecule has 1 aliphatic carbocycles. The van der Waals surface area contributed by atoms with E-state index in [0.717, 1.165) is 18.9 Å². The van der Waals surface area contributed by atoms with Crippen molar-refractivity contribution in [2.24, 2.45) is 11.8 Å². The molecular weight excluding hydrogens is 317 g/mol. The van der Waals surface area contributed by atoms with Gasteiger partial charge in [0.25, 0.3) is 0 Å². The van der Waals surface area contributed by atoms with Gasteiger partial charge in [-0.3, -0.25) is 0 Å². The molecule has 0 aliphatic heterocycles. The molecule has 0 aromatic heterocycles. The second-order valence-electron chi connectivity index (χ2n) is 5.68. The summed E-state index contributed by atoms with van der Waals surface area (Å²) in [5, 5.41) is 9.16. The third kappa shape index (κ3) is 3.39. The van der Waals surface area contributed by atoms with Crippen molar-refractivity contribution in [3.63, 3.8) is 0 Å². The summed E-state index contributed by atoms with van der Waals surface area (Å²) in [5.74, 6) is -0.331. The zero-order chi connectivity index (χ0) is 15.8. The number of benzene rings is 1. The highest BCUT2D eigenvalue weighted by molar-refractivity contribution is 7.89. The number of aliphatic hydroxyl groups excluding tert-OH is 1. The third-order valence-electron chi connectivity index (χ3n) is 4.31. The molecule has 0 spiro atoms. The van der Waals surface area contributed by atoms with E-state index in [2.05, 4.69) is 11.6 Å². The van der Waals surface area contributed by atoms with E-state index in [9.17, 15) is 12.8 Å². The summed E-state index contributed by atoms with van der Waals surface area (Å²) in [7, 11) is -4.01. The summed E-state index contributed by atoms with van der Waals surface area (Å²) in [6, 6.07) is 2.08. The van der Waals surface area contributed by atoms with Crippen LogP contribution in [0.5, 0.6) is 0 Å². The summed E-state index contributed by atoms with van der Waals surface area (Å²) in [6.45, 7) is 3.45. The average molecular weight is 336 g/mol. The van der Waals surface area contributed by atoms with E-state index >= 15 is 0 Å². The van der Waals surface area contributed by atoms with E-state index in [1.807, 2.05) is 6.92 Å². The van der Waals surface area contributed by atoms with Gasteiger partial charge in [0, 0.05) is 16.6 Å². The molecule has 3 unspecified atom stereocenters. The highest BCUT2D eigenvalue weighted by Crippen LogP contribution is 2.32. The van der Waals surface area contributed by atoms with Gasteiger partial charge >= 0.3 is 0 Å². The van der Waals surface area contributed by atoms with Crippen LogP contribution in [0.1, 0.15) is 32.3 Å². The van der Waals surface area contributed by atoms with Gasteiger partial charge < -0.3 is 5.11 Å². The predicted octanol–water partition coefficient (Wildman–Crippen LogP) is 2.68. The minimum absolute atomic E-state index is 0.0775. The molecule has 1 aromatic rings. The molecule has 21 heavy (non-hydrogen) atoms. The number of nitrogens with one attached hydrogen (secondary N) is 1. The number of rotatable bonds is 4. The quantitative estimate of drug-likeness (QED) is 0.889. The minimum Gasteiger partial charge on any atom is -0.392 e. The van der Waals surface area contributed by atoms with Crippen LogP contribution in [0, 0.1) is 17.7 Å². The average Bonchev–Trinajstić information content (AvgIpc) is 2.72. The van der Waals surface area contributed by atoms with Crippen LogP contribution >= 0.6 is 11.6 Å². The summed E-state index contributed by atoms with van der Waals surface area (Å²) < 4.78 is 41.5. The van der Waals surface area contributed by atoms with Gasteiger partial charge in [-0.2, -0.15) is 0 Å². The lowest BCUT2D eigenvalue weighted by Gasteiger charge is -2.20. The van der Waals surface area contributed by atoms with Crippen LogP contribution in [-0.4, -0.2) is 19.6 Å². The molecular formula is C14H19ClFNO3S. The standard InChI is InChI=1S/C14H19ClFNO3S/c1-8-3-4-12(9(8)2)17-21(19,20)13-6-11(15)5-10(7-18)14(13)16/h5-6,8-9,12,17-18H,3-4,7H2,1-2H3. The summed E-state index contributed by atoms with van der Waals surface area (Å²) in [4.78, 5) is -0.509. The molecule has 1 fully saturated rings. The summed E-state index contributed by atoms with van der Waals surface area (Å²) in [6.07, 6.45) is 1.67. The van der Waals surface area contributed by atoms with Crippen LogP contribution in [0.15, 0.2) is 17.0 Å². The second-order valence-corrected chi connectivity index (χ2v) is 7.80. The molecule has 0 bridgehead atoms. The highest BCUT2D eigenvalue weighted by atomic mass is 35.5. The molecule has 4 nitrogen and oxygen atoms in total. The summed E-state index contributed by atoms with van der Waals surface area (Å²) in [5.41, 5.74) is -0.129. The molecule has 2 N–H and O–H groups in total. The van der Waals surface area contributed by atoms with Gasteiger partial charge in [0.05, 0.1) is 6.61 Å². The topological polar surface area (TPSA) is 66.4 Å². The van der Waals surface area contributed by atoms with Gasteiger partial charge in [0.1, 0.15) is 10.7 Å². The SMILES string of the molecule is CC1CCC(NS(=O)(=O)c2cc(Cl)cc(CO)c2F)C1C. The first-order valence-corrected chi connectivity index (χ1v) is 8.73. The Morgan fingerprint density at radius 3 is 2.57 bits per heavy atom. The van der Waals surface area contributed by atoms with E-state index in [1.165, 1.54) is 6.07 Å². The van der Waals surface area contributed by atoms with Crippen LogP contribution in [0.25, 0.3) is 0 Å².